The molecular formula is C9H6ClF5N2O2. The van der Waals surface area contributed by atoms with Crippen molar-refractivity contribution in [2.45, 2.75) is 19.3 Å². The Morgan fingerprint density at radius 2 is 2.05 bits per heavy atom. The standard InChI is InChI=1S/C9H6ClF5N2O2/c10-7(18)5-3(1-16)17-2-4(6(5)8(11)12)19-9(13,14)15/h2,8H,1,16H2. The molecule has 19 heavy (non-hydrogen) atoms. The van der Waals surface area contributed by atoms with Crippen LogP contribution in [-0.4, -0.2) is 16.6 Å². The van der Waals surface area contributed by atoms with Crippen molar-refractivity contribution in [2.24, 2.45) is 5.73 Å². The van der Waals surface area contributed by atoms with E-state index in [1.165, 1.54) is 0 Å². The zero-order valence-corrected chi connectivity index (χ0v) is 9.73. The Labute approximate surface area is 108 Å². The minimum absolute atomic E-state index is 0.343. The van der Waals surface area contributed by atoms with E-state index in [-0.39, 0.29) is 5.69 Å². The number of pyridine rings is 1. The highest BCUT2D eigenvalue weighted by Gasteiger charge is 2.35. The number of nitrogens with zero attached hydrogens (tertiary/aromatic N) is 1. The molecular weight excluding hydrogens is 299 g/mol. The van der Waals surface area contributed by atoms with Crippen LogP contribution in [0.3, 0.4) is 0 Å². The lowest BCUT2D eigenvalue weighted by Gasteiger charge is -2.16. The van der Waals surface area contributed by atoms with Crippen molar-refractivity contribution >= 4 is 16.8 Å². The lowest BCUT2D eigenvalue weighted by molar-refractivity contribution is -0.275. The van der Waals surface area contributed by atoms with E-state index in [0.29, 0.717) is 6.20 Å². The molecule has 1 aromatic heterocycles. The molecule has 1 aromatic rings. The molecule has 0 spiro atoms. The molecule has 0 aliphatic rings. The molecule has 106 valence electrons. The van der Waals surface area contributed by atoms with Crippen LogP contribution in [0, 0.1) is 0 Å². The third kappa shape index (κ3) is 3.74. The van der Waals surface area contributed by atoms with E-state index in [1.54, 1.807) is 0 Å². The van der Waals surface area contributed by atoms with E-state index in [4.69, 9.17) is 17.3 Å². The summed E-state index contributed by atoms with van der Waals surface area (Å²) in [5, 5.41) is -1.39. The van der Waals surface area contributed by atoms with Crippen LogP contribution in [0.1, 0.15) is 28.0 Å². The summed E-state index contributed by atoms with van der Waals surface area (Å²) in [5.74, 6) is -1.29. The second kappa shape index (κ2) is 5.66. The Morgan fingerprint density at radius 1 is 1.47 bits per heavy atom. The molecule has 0 bridgehead atoms. The maximum atomic E-state index is 12.8. The Morgan fingerprint density at radius 3 is 2.42 bits per heavy atom. The van der Waals surface area contributed by atoms with Gasteiger partial charge in [-0.05, 0) is 11.6 Å². The summed E-state index contributed by atoms with van der Waals surface area (Å²) in [6.07, 6.45) is -8.20. The highest BCUT2D eigenvalue weighted by atomic mass is 35.5. The van der Waals surface area contributed by atoms with E-state index < -0.39 is 41.5 Å². The summed E-state index contributed by atoms with van der Waals surface area (Å²) in [6.45, 7) is -0.445. The third-order valence-electron chi connectivity index (χ3n) is 1.99. The number of carbonyl (C=O) groups excluding carboxylic acids is 1. The normalized spacial score (nSPS) is 11.8. The summed E-state index contributed by atoms with van der Waals surface area (Å²) in [7, 11) is 0. The fraction of sp³-hybridized carbons (Fsp3) is 0.333. The zero-order valence-electron chi connectivity index (χ0n) is 8.97. The molecule has 0 saturated heterocycles. The van der Waals surface area contributed by atoms with E-state index in [1.807, 2.05) is 0 Å². The number of halogens is 6. The average Bonchev–Trinajstić information content (AvgIpc) is 2.25. The second-order valence-electron chi connectivity index (χ2n) is 3.18. The van der Waals surface area contributed by atoms with Gasteiger partial charge in [-0.25, -0.2) is 8.78 Å². The van der Waals surface area contributed by atoms with Crippen LogP contribution in [0.2, 0.25) is 0 Å². The van der Waals surface area contributed by atoms with Gasteiger partial charge in [0, 0.05) is 6.54 Å². The number of rotatable bonds is 4. The molecule has 0 amide bonds. The molecule has 0 atom stereocenters. The highest BCUT2D eigenvalue weighted by molar-refractivity contribution is 6.68. The fourth-order valence-electron chi connectivity index (χ4n) is 1.35. The van der Waals surface area contributed by atoms with Gasteiger partial charge in [-0.1, -0.05) is 0 Å². The zero-order chi connectivity index (χ0) is 14.8. The van der Waals surface area contributed by atoms with Crippen LogP contribution in [0.5, 0.6) is 5.75 Å². The molecule has 0 unspecified atom stereocenters. The van der Waals surface area contributed by atoms with Gasteiger partial charge >= 0.3 is 6.36 Å². The lowest BCUT2D eigenvalue weighted by atomic mass is 10.1. The van der Waals surface area contributed by atoms with Crippen LogP contribution in [0.4, 0.5) is 22.0 Å². The van der Waals surface area contributed by atoms with Gasteiger partial charge in [0.25, 0.3) is 11.7 Å². The number of ether oxygens (including phenoxy) is 1. The van der Waals surface area contributed by atoms with Crippen molar-refractivity contribution in [3.05, 3.63) is 23.0 Å². The smallest absolute Gasteiger partial charge is 0.404 e. The van der Waals surface area contributed by atoms with Crippen molar-refractivity contribution in [3.63, 3.8) is 0 Å². The van der Waals surface area contributed by atoms with Gasteiger partial charge in [0.1, 0.15) is 0 Å². The molecule has 0 fully saturated rings. The van der Waals surface area contributed by atoms with Crippen LogP contribution in [0.25, 0.3) is 0 Å². The SMILES string of the molecule is NCc1ncc(OC(F)(F)F)c(C(F)F)c1C(=O)Cl. The first kappa shape index (κ1) is 15.6. The van der Waals surface area contributed by atoms with Gasteiger partial charge in [-0.15, -0.1) is 13.2 Å². The van der Waals surface area contributed by atoms with Gasteiger partial charge in [-0.2, -0.15) is 0 Å². The first-order valence-corrected chi connectivity index (χ1v) is 5.00. The Bertz CT molecular complexity index is 492. The Hall–Kier alpha value is -1.48. The number of nitrogens with two attached hydrogens (primary N) is 1. The minimum atomic E-state index is -5.21. The van der Waals surface area contributed by atoms with Gasteiger partial charge in [-0.3, -0.25) is 9.78 Å². The number of hydrogen-bond acceptors (Lipinski definition) is 4. The monoisotopic (exact) mass is 304 g/mol. The predicted molar refractivity (Wildman–Crippen MR) is 54.0 cm³/mol. The fourth-order valence-corrected chi connectivity index (χ4v) is 1.56. The van der Waals surface area contributed by atoms with Crippen molar-refractivity contribution in [1.29, 1.82) is 0 Å². The summed E-state index contributed by atoms with van der Waals surface area (Å²) >= 11 is 5.07. The molecule has 0 aromatic carbocycles. The molecule has 0 radical (unpaired) electrons. The molecule has 1 heterocycles. The van der Waals surface area contributed by atoms with E-state index in [0.717, 1.165) is 0 Å². The van der Waals surface area contributed by atoms with Gasteiger partial charge in [0.2, 0.25) is 0 Å². The molecule has 0 aliphatic heterocycles. The van der Waals surface area contributed by atoms with Crippen molar-refractivity contribution in [3.8, 4) is 5.75 Å². The van der Waals surface area contributed by atoms with E-state index >= 15 is 0 Å². The topological polar surface area (TPSA) is 65.2 Å². The summed E-state index contributed by atoms with van der Waals surface area (Å²) < 4.78 is 65.2. The Balaban J connectivity index is 3.49. The quantitative estimate of drug-likeness (QED) is 0.686. The van der Waals surface area contributed by atoms with Crippen molar-refractivity contribution < 1.29 is 31.5 Å². The van der Waals surface area contributed by atoms with Gasteiger partial charge < -0.3 is 10.5 Å². The van der Waals surface area contributed by atoms with Crippen LogP contribution >= 0.6 is 11.6 Å². The number of hydrogen-bond donors (Lipinski definition) is 1. The number of aromatic nitrogens is 1. The van der Waals surface area contributed by atoms with Crippen LogP contribution < -0.4 is 10.5 Å². The summed E-state index contributed by atoms with van der Waals surface area (Å²) in [4.78, 5) is 14.4. The molecule has 0 aliphatic carbocycles. The van der Waals surface area contributed by atoms with Gasteiger partial charge in [0.15, 0.2) is 5.75 Å². The maximum Gasteiger partial charge on any atom is 0.573 e. The molecule has 0 saturated carbocycles. The average molecular weight is 305 g/mol. The van der Waals surface area contributed by atoms with Crippen LogP contribution in [-0.2, 0) is 6.54 Å². The molecule has 1 rings (SSSR count). The first-order chi connectivity index (χ1) is 8.67. The van der Waals surface area contributed by atoms with E-state index in [9.17, 15) is 26.7 Å². The van der Waals surface area contributed by atoms with Gasteiger partial charge in [0.05, 0.1) is 23.0 Å². The predicted octanol–water partition coefficient (Wildman–Crippen LogP) is 2.76. The largest absolute Gasteiger partial charge is 0.573 e. The highest BCUT2D eigenvalue weighted by Crippen LogP contribution is 2.36. The minimum Gasteiger partial charge on any atom is -0.404 e. The van der Waals surface area contributed by atoms with Crippen molar-refractivity contribution in [2.75, 3.05) is 0 Å². The number of carbonyl (C=O) groups is 1. The molecule has 4 nitrogen and oxygen atoms in total. The molecule has 2 N–H and O–H groups in total. The number of alkyl halides is 5. The Kier molecular flexibility index (Phi) is 4.64. The maximum absolute atomic E-state index is 12.8. The van der Waals surface area contributed by atoms with E-state index in [2.05, 4.69) is 9.72 Å². The molecule has 10 heteroatoms. The van der Waals surface area contributed by atoms with Crippen LogP contribution in [0.15, 0.2) is 6.20 Å². The third-order valence-corrected chi connectivity index (χ3v) is 2.18. The summed E-state index contributed by atoms with van der Waals surface area (Å²) in [6, 6.07) is 0. The summed E-state index contributed by atoms with van der Waals surface area (Å²) in [5.41, 5.74) is 2.65. The van der Waals surface area contributed by atoms with Crippen molar-refractivity contribution in [1.82, 2.24) is 4.98 Å². The lowest BCUT2D eigenvalue weighted by Crippen LogP contribution is -2.20. The first-order valence-electron chi connectivity index (χ1n) is 4.63. The second-order valence-corrected chi connectivity index (χ2v) is 3.53.